The first-order valence-corrected chi connectivity index (χ1v) is 7.82. The molecule has 106 valence electrons. The van der Waals surface area contributed by atoms with Crippen LogP contribution in [0.3, 0.4) is 0 Å². The minimum atomic E-state index is 0.166. The summed E-state index contributed by atoms with van der Waals surface area (Å²) in [6, 6.07) is 11.3. The van der Waals surface area contributed by atoms with E-state index in [4.69, 9.17) is 4.74 Å². The molecule has 0 saturated carbocycles. The number of phenols is 1. The molecule has 20 heavy (non-hydrogen) atoms. The van der Waals surface area contributed by atoms with Gasteiger partial charge in [0.2, 0.25) is 0 Å². The molecule has 0 aliphatic carbocycles. The van der Waals surface area contributed by atoms with Gasteiger partial charge in [-0.05, 0) is 58.7 Å². The number of benzene rings is 2. The third-order valence-corrected chi connectivity index (χ3v) is 3.92. The monoisotopic (exact) mass is 399 g/mol. The molecule has 2 N–H and O–H groups in total. The molecule has 0 bridgehead atoms. The van der Waals surface area contributed by atoms with Crippen molar-refractivity contribution in [2.24, 2.45) is 0 Å². The van der Waals surface area contributed by atoms with Crippen molar-refractivity contribution in [2.45, 2.75) is 13.5 Å². The van der Waals surface area contributed by atoms with Gasteiger partial charge in [0.25, 0.3) is 0 Å². The molecule has 0 amide bonds. The Kier molecular flexibility index (Phi) is 5.31. The quantitative estimate of drug-likeness (QED) is 0.747. The molecule has 0 radical (unpaired) electrons. The lowest BCUT2D eigenvalue weighted by Crippen LogP contribution is -2.01. The standard InChI is InChI=1S/C15H15Br2NO2/c1-2-20-15-7-10(3-6-14(15)19)9-18-13-8-11(16)4-5-12(13)17/h3-8,18-19H,2,9H2,1H3. The molecule has 2 aromatic carbocycles. The zero-order valence-electron chi connectivity index (χ0n) is 11.0. The number of hydrogen-bond acceptors (Lipinski definition) is 3. The molecular weight excluding hydrogens is 386 g/mol. The van der Waals surface area contributed by atoms with Gasteiger partial charge in [0.15, 0.2) is 11.5 Å². The molecule has 0 aliphatic heterocycles. The third kappa shape index (κ3) is 3.90. The Morgan fingerprint density at radius 1 is 1.15 bits per heavy atom. The smallest absolute Gasteiger partial charge is 0.161 e. The molecule has 2 rings (SSSR count). The number of rotatable bonds is 5. The van der Waals surface area contributed by atoms with Crippen molar-refractivity contribution in [3.8, 4) is 11.5 Å². The summed E-state index contributed by atoms with van der Waals surface area (Å²) >= 11 is 6.96. The predicted molar refractivity (Wildman–Crippen MR) is 88.4 cm³/mol. The molecule has 2 aromatic rings. The highest BCUT2D eigenvalue weighted by Crippen LogP contribution is 2.29. The zero-order chi connectivity index (χ0) is 14.5. The minimum Gasteiger partial charge on any atom is -0.504 e. The van der Waals surface area contributed by atoms with E-state index in [-0.39, 0.29) is 5.75 Å². The van der Waals surface area contributed by atoms with Gasteiger partial charge in [-0.25, -0.2) is 0 Å². The van der Waals surface area contributed by atoms with Crippen LogP contribution in [0.15, 0.2) is 45.3 Å². The van der Waals surface area contributed by atoms with E-state index in [1.165, 1.54) is 0 Å². The van der Waals surface area contributed by atoms with Gasteiger partial charge in [0, 0.05) is 21.2 Å². The van der Waals surface area contributed by atoms with Gasteiger partial charge >= 0.3 is 0 Å². The van der Waals surface area contributed by atoms with E-state index < -0.39 is 0 Å². The summed E-state index contributed by atoms with van der Waals surface area (Å²) in [7, 11) is 0. The Morgan fingerprint density at radius 3 is 2.70 bits per heavy atom. The van der Waals surface area contributed by atoms with Crippen LogP contribution in [0.4, 0.5) is 5.69 Å². The fraction of sp³-hybridized carbons (Fsp3) is 0.200. The maximum atomic E-state index is 9.67. The number of hydrogen-bond donors (Lipinski definition) is 2. The maximum Gasteiger partial charge on any atom is 0.161 e. The average Bonchev–Trinajstić information content (AvgIpc) is 2.43. The Labute approximate surface area is 135 Å². The van der Waals surface area contributed by atoms with Crippen molar-refractivity contribution < 1.29 is 9.84 Å². The van der Waals surface area contributed by atoms with Gasteiger partial charge in [-0.2, -0.15) is 0 Å². The van der Waals surface area contributed by atoms with Gasteiger partial charge in [-0.1, -0.05) is 22.0 Å². The van der Waals surface area contributed by atoms with Gasteiger partial charge in [-0.3, -0.25) is 0 Å². The van der Waals surface area contributed by atoms with Gasteiger partial charge in [0.1, 0.15) is 0 Å². The first kappa shape index (κ1) is 15.2. The lowest BCUT2D eigenvalue weighted by molar-refractivity contribution is 0.318. The maximum absolute atomic E-state index is 9.67. The van der Waals surface area contributed by atoms with Crippen LogP contribution in [-0.4, -0.2) is 11.7 Å². The molecule has 5 heteroatoms. The second kappa shape index (κ2) is 6.99. The van der Waals surface area contributed by atoms with E-state index in [0.717, 1.165) is 20.2 Å². The summed E-state index contributed by atoms with van der Waals surface area (Å²) in [5.41, 5.74) is 2.04. The molecule has 0 atom stereocenters. The molecule has 0 unspecified atom stereocenters. The molecule has 0 saturated heterocycles. The van der Waals surface area contributed by atoms with Crippen LogP contribution in [0.5, 0.6) is 11.5 Å². The molecule has 0 aromatic heterocycles. The summed E-state index contributed by atoms with van der Waals surface area (Å²) in [6.45, 7) is 3.07. The fourth-order valence-corrected chi connectivity index (χ4v) is 2.52. The highest BCUT2D eigenvalue weighted by atomic mass is 79.9. The van der Waals surface area contributed by atoms with Crippen LogP contribution in [0.2, 0.25) is 0 Å². The summed E-state index contributed by atoms with van der Waals surface area (Å²) < 4.78 is 7.40. The summed E-state index contributed by atoms with van der Waals surface area (Å²) in [5.74, 6) is 0.680. The van der Waals surface area contributed by atoms with Crippen LogP contribution < -0.4 is 10.1 Å². The number of halogens is 2. The van der Waals surface area contributed by atoms with Gasteiger partial charge < -0.3 is 15.2 Å². The average molecular weight is 401 g/mol. The number of anilines is 1. The van der Waals surface area contributed by atoms with Gasteiger partial charge in [0.05, 0.1) is 6.61 Å². The van der Waals surface area contributed by atoms with E-state index in [1.807, 2.05) is 37.3 Å². The molecule has 0 spiro atoms. The lowest BCUT2D eigenvalue weighted by Gasteiger charge is -2.11. The van der Waals surface area contributed by atoms with Crippen LogP contribution in [0, 0.1) is 0 Å². The summed E-state index contributed by atoms with van der Waals surface area (Å²) in [4.78, 5) is 0. The summed E-state index contributed by atoms with van der Waals surface area (Å²) in [5, 5.41) is 13.0. The topological polar surface area (TPSA) is 41.5 Å². The second-order valence-electron chi connectivity index (χ2n) is 4.21. The van der Waals surface area contributed by atoms with Gasteiger partial charge in [-0.15, -0.1) is 0 Å². The van der Waals surface area contributed by atoms with Crippen LogP contribution >= 0.6 is 31.9 Å². The number of nitrogens with one attached hydrogen (secondary N) is 1. The highest BCUT2D eigenvalue weighted by molar-refractivity contribution is 9.11. The number of ether oxygens (including phenoxy) is 1. The van der Waals surface area contributed by atoms with Crippen LogP contribution in [-0.2, 0) is 6.54 Å². The van der Waals surface area contributed by atoms with Crippen molar-refractivity contribution in [1.29, 1.82) is 0 Å². The SMILES string of the molecule is CCOc1cc(CNc2cc(Br)ccc2Br)ccc1O. The van der Waals surface area contributed by atoms with E-state index in [2.05, 4.69) is 37.2 Å². The summed E-state index contributed by atoms with van der Waals surface area (Å²) in [6.07, 6.45) is 0. The van der Waals surface area contributed by atoms with Crippen molar-refractivity contribution in [2.75, 3.05) is 11.9 Å². The van der Waals surface area contributed by atoms with Crippen molar-refractivity contribution in [3.63, 3.8) is 0 Å². The second-order valence-corrected chi connectivity index (χ2v) is 5.98. The highest BCUT2D eigenvalue weighted by Gasteiger charge is 2.05. The number of aromatic hydroxyl groups is 1. The largest absolute Gasteiger partial charge is 0.504 e. The first-order valence-electron chi connectivity index (χ1n) is 6.23. The molecule has 0 aliphatic rings. The minimum absolute atomic E-state index is 0.166. The molecule has 0 heterocycles. The third-order valence-electron chi connectivity index (χ3n) is 2.74. The Bertz CT molecular complexity index is 602. The zero-order valence-corrected chi connectivity index (χ0v) is 14.2. The Morgan fingerprint density at radius 2 is 1.95 bits per heavy atom. The van der Waals surface area contributed by atoms with E-state index in [0.29, 0.717) is 18.9 Å². The normalized spacial score (nSPS) is 10.3. The molecule has 3 nitrogen and oxygen atoms in total. The lowest BCUT2D eigenvalue weighted by atomic mass is 10.2. The van der Waals surface area contributed by atoms with Crippen LogP contribution in [0.25, 0.3) is 0 Å². The fourth-order valence-electron chi connectivity index (χ4n) is 1.77. The molecular formula is C15H15Br2NO2. The van der Waals surface area contributed by atoms with Crippen molar-refractivity contribution in [1.82, 2.24) is 0 Å². The Balaban J connectivity index is 2.10. The van der Waals surface area contributed by atoms with E-state index in [1.54, 1.807) is 6.07 Å². The van der Waals surface area contributed by atoms with E-state index in [9.17, 15) is 5.11 Å². The van der Waals surface area contributed by atoms with E-state index >= 15 is 0 Å². The van der Waals surface area contributed by atoms with Crippen molar-refractivity contribution in [3.05, 3.63) is 50.9 Å². The number of phenolic OH excluding ortho intramolecular Hbond substituents is 1. The van der Waals surface area contributed by atoms with Crippen LogP contribution in [0.1, 0.15) is 12.5 Å². The Hall–Kier alpha value is -1.20. The molecule has 0 fully saturated rings. The predicted octanol–water partition coefficient (Wildman–Crippen LogP) is 4.93. The van der Waals surface area contributed by atoms with Crippen molar-refractivity contribution >= 4 is 37.5 Å². The first-order chi connectivity index (χ1) is 9.60.